The first-order chi connectivity index (χ1) is 13.2. The maximum absolute atomic E-state index is 12.2. The van der Waals surface area contributed by atoms with Gasteiger partial charge in [-0.1, -0.05) is 12.1 Å². The molecule has 1 atom stereocenters. The first-order valence-electron chi connectivity index (χ1n) is 10.0. The number of amides is 2. The summed E-state index contributed by atoms with van der Waals surface area (Å²) in [7, 11) is 0. The summed E-state index contributed by atoms with van der Waals surface area (Å²) in [6, 6.07) is 7.87. The molecule has 1 aromatic carbocycles. The predicted octanol–water partition coefficient (Wildman–Crippen LogP) is 2.55. The fourth-order valence-corrected chi connectivity index (χ4v) is 3.40. The Bertz CT molecular complexity index is 637. The van der Waals surface area contributed by atoms with Gasteiger partial charge in [0.1, 0.15) is 0 Å². The van der Waals surface area contributed by atoms with Crippen LogP contribution >= 0.6 is 0 Å². The molecule has 0 radical (unpaired) electrons. The topological polar surface area (TPSA) is 78.0 Å². The van der Waals surface area contributed by atoms with E-state index < -0.39 is 0 Å². The number of hydrogen-bond donors (Lipinski definition) is 3. The van der Waals surface area contributed by atoms with Gasteiger partial charge < -0.3 is 25.6 Å². The molecule has 0 aliphatic carbocycles. The molecule has 2 fully saturated rings. The summed E-state index contributed by atoms with van der Waals surface area (Å²) in [5.74, 6) is 0.791. The fourth-order valence-electron chi connectivity index (χ4n) is 3.40. The molecule has 0 spiro atoms. The van der Waals surface area contributed by atoms with Crippen LogP contribution in [-0.2, 0) is 11.3 Å². The fraction of sp³-hybridized carbons (Fsp3) is 0.600. The maximum Gasteiger partial charge on any atom is 0.321 e. The zero-order chi connectivity index (χ0) is 18.9. The Balaban J connectivity index is 1.54. The lowest BCUT2D eigenvalue weighted by Crippen LogP contribution is -2.41. The summed E-state index contributed by atoms with van der Waals surface area (Å²) in [5.41, 5.74) is 1.88. The molecule has 0 bridgehead atoms. The predicted molar refractivity (Wildman–Crippen MR) is 108 cm³/mol. The van der Waals surface area contributed by atoms with Crippen LogP contribution in [0.3, 0.4) is 0 Å². The molecule has 148 valence electrons. The zero-order valence-electron chi connectivity index (χ0n) is 16.2. The minimum absolute atomic E-state index is 0.0141. The number of carbonyl (C=O) groups is 1. The summed E-state index contributed by atoms with van der Waals surface area (Å²) >= 11 is 0. The molecule has 1 unspecified atom stereocenters. The average molecular weight is 374 g/mol. The molecule has 0 saturated carbocycles. The van der Waals surface area contributed by atoms with Gasteiger partial charge in [0.15, 0.2) is 5.96 Å². The van der Waals surface area contributed by atoms with Crippen LogP contribution in [0.25, 0.3) is 0 Å². The van der Waals surface area contributed by atoms with Gasteiger partial charge in [0.25, 0.3) is 0 Å². The number of likely N-dealkylation sites (tertiary alicyclic amines) is 1. The van der Waals surface area contributed by atoms with E-state index in [9.17, 15) is 4.79 Å². The van der Waals surface area contributed by atoms with Crippen molar-refractivity contribution in [1.29, 1.82) is 0 Å². The molecule has 2 amide bonds. The van der Waals surface area contributed by atoms with Crippen molar-refractivity contribution in [1.82, 2.24) is 15.5 Å². The highest BCUT2D eigenvalue weighted by atomic mass is 16.5. The normalized spacial score (nSPS) is 20.0. The molecule has 1 aromatic rings. The number of ether oxygens (including phenoxy) is 1. The highest BCUT2D eigenvalue weighted by Gasteiger charge is 2.18. The number of carbonyl (C=O) groups excluding carboxylic acids is 1. The van der Waals surface area contributed by atoms with Crippen LogP contribution < -0.4 is 16.0 Å². The van der Waals surface area contributed by atoms with Gasteiger partial charge in [-0.15, -0.1) is 0 Å². The van der Waals surface area contributed by atoms with Crippen molar-refractivity contribution in [3.8, 4) is 0 Å². The van der Waals surface area contributed by atoms with E-state index in [4.69, 9.17) is 4.74 Å². The zero-order valence-corrected chi connectivity index (χ0v) is 16.2. The monoisotopic (exact) mass is 373 g/mol. The maximum atomic E-state index is 12.2. The second-order valence-electron chi connectivity index (χ2n) is 7.04. The van der Waals surface area contributed by atoms with Gasteiger partial charge in [-0.05, 0) is 50.3 Å². The Labute approximate surface area is 161 Å². The van der Waals surface area contributed by atoms with Gasteiger partial charge >= 0.3 is 6.03 Å². The first kappa shape index (κ1) is 19.5. The molecule has 3 rings (SSSR count). The van der Waals surface area contributed by atoms with Gasteiger partial charge in [0.05, 0.1) is 12.6 Å². The van der Waals surface area contributed by atoms with Gasteiger partial charge in [0, 0.05) is 38.5 Å². The Morgan fingerprint density at radius 3 is 2.85 bits per heavy atom. The minimum Gasteiger partial charge on any atom is -0.376 e. The number of urea groups is 1. The molecule has 2 aliphatic heterocycles. The van der Waals surface area contributed by atoms with Gasteiger partial charge in [-0.3, -0.25) is 0 Å². The van der Waals surface area contributed by atoms with E-state index >= 15 is 0 Å². The Morgan fingerprint density at radius 2 is 2.11 bits per heavy atom. The SMILES string of the molecule is CCNC(=NCc1cccc(NC(=O)N2CCCC2)c1)NCC1CCCO1. The number of guanidine groups is 1. The molecule has 2 aliphatic rings. The van der Waals surface area contributed by atoms with Crippen LogP contribution in [-0.4, -0.2) is 55.8 Å². The van der Waals surface area contributed by atoms with E-state index in [-0.39, 0.29) is 12.1 Å². The Hall–Kier alpha value is -2.28. The quantitative estimate of drug-likeness (QED) is 0.529. The summed E-state index contributed by atoms with van der Waals surface area (Å²) in [6.07, 6.45) is 4.70. The Morgan fingerprint density at radius 1 is 1.26 bits per heavy atom. The summed E-state index contributed by atoms with van der Waals surface area (Å²) < 4.78 is 5.65. The molecule has 7 heteroatoms. The second kappa shape index (κ2) is 10.2. The summed E-state index contributed by atoms with van der Waals surface area (Å²) in [6.45, 7) is 6.74. The van der Waals surface area contributed by atoms with Crippen LogP contribution in [0, 0.1) is 0 Å². The number of hydrogen-bond acceptors (Lipinski definition) is 3. The van der Waals surface area contributed by atoms with Gasteiger partial charge in [-0.25, -0.2) is 9.79 Å². The average Bonchev–Trinajstić information content (AvgIpc) is 3.38. The Kier molecular flexibility index (Phi) is 7.33. The third-order valence-electron chi connectivity index (χ3n) is 4.86. The summed E-state index contributed by atoms with van der Waals surface area (Å²) in [5, 5.41) is 9.61. The van der Waals surface area contributed by atoms with Crippen molar-refractivity contribution >= 4 is 17.7 Å². The van der Waals surface area contributed by atoms with Crippen LogP contribution in [0.2, 0.25) is 0 Å². The number of rotatable bonds is 6. The smallest absolute Gasteiger partial charge is 0.321 e. The minimum atomic E-state index is -0.0141. The first-order valence-corrected chi connectivity index (χ1v) is 10.0. The third kappa shape index (κ3) is 6.13. The van der Waals surface area contributed by atoms with Crippen LogP contribution in [0.1, 0.15) is 38.2 Å². The van der Waals surface area contributed by atoms with Crippen LogP contribution in [0.15, 0.2) is 29.3 Å². The lowest BCUT2D eigenvalue weighted by molar-refractivity contribution is 0.114. The number of benzene rings is 1. The van der Waals surface area contributed by atoms with Crippen molar-refractivity contribution in [3.05, 3.63) is 29.8 Å². The number of nitrogens with zero attached hydrogens (tertiary/aromatic N) is 2. The molecular formula is C20H31N5O2. The second-order valence-corrected chi connectivity index (χ2v) is 7.04. The van der Waals surface area contributed by atoms with E-state index in [0.717, 1.165) is 75.7 Å². The van der Waals surface area contributed by atoms with Crippen molar-refractivity contribution in [2.24, 2.45) is 4.99 Å². The van der Waals surface area contributed by atoms with E-state index in [2.05, 4.69) is 27.9 Å². The lowest BCUT2D eigenvalue weighted by Gasteiger charge is -2.16. The number of aliphatic imine (C=N–C) groups is 1. The molecule has 2 heterocycles. The van der Waals surface area contributed by atoms with Crippen LogP contribution in [0.4, 0.5) is 10.5 Å². The number of anilines is 1. The molecule has 27 heavy (non-hydrogen) atoms. The van der Waals surface area contributed by atoms with Crippen molar-refractivity contribution in [3.63, 3.8) is 0 Å². The highest BCUT2D eigenvalue weighted by molar-refractivity contribution is 5.89. The van der Waals surface area contributed by atoms with E-state index in [0.29, 0.717) is 6.54 Å². The number of nitrogens with one attached hydrogen (secondary N) is 3. The van der Waals surface area contributed by atoms with Gasteiger partial charge in [-0.2, -0.15) is 0 Å². The molecule has 3 N–H and O–H groups in total. The molecule has 7 nitrogen and oxygen atoms in total. The molecule has 2 saturated heterocycles. The summed E-state index contributed by atoms with van der Waals surface area (Å²) in [4.78, 5) is 18.8. The van der Waals surface area contributed by atoms with E-state index in [1.807, 2.05) is 29.2 Å². The van der Waals surface area contributed by atoms with E-state index in [1.165, 1.54) is 0 Å². The third-order valence-corrected chi connectivity index (χ3v) is 4.86. The highest BCUT2D eigenvalue weighted by Crippen LogP contribution is 2.15. The standard InChI is InChI=1S/C20H31N5O2/c1-2-21-19(23-15-18-9-6-12-27-18)22-14-16-7-5-8-17(13-16)24-20(26)25-10-3-4-11-25/h5,7-8,13,18H,2-4,6,9-12,14-15H2,1H3,(H,24,26)(H2,21,22,23). The van der Waals surface area contributed by atoms with Crippen LogP contribution in [0.5, 0.6) is 0 Å². The van der Waals surface area contributed by atoms with Gasteiger partial charge in [0.2, 0.25) is 0 Å². The van der Waals surface area contributed by atoms with Crippen molar-refractivity contribution < 1.29 is 9.53 Å². The molecular weight excluding hydrogens is 342 g/mol. The van der Waals surface area contributed by atoms with Crippen molar-refractivity contribution in [2.45, 2.75) is 45.3 Å². The lowest BCUT2D eigenvalue weighted by atomic mass is 10.2. The van der Waals surface area contributed by atoms with Crippen molar-refractivity contribution in [2.75, 3.05) is 38.1 Å². The molecule has 0 aromatic heterocycles. The largest absolute Gasteiger partial charge is 0.376 e. The van der Waals surface area contributed by atoms with E-state index in [1.54, 1.807) is 0 Å².